The molecule has 0 aliphatic heterocycles. The summed E-state index contributed by atoms with van der Waals surface area (Å²) in [6.45, 7) is 7.44. The molecule has 0 aromatic heterocycles. The number of methoxy groups -OCH3 is 1. The Bertz CT molecular complexity index is 397. The van der Waals surface area contributed by atoms with Gasteiger partial charge in [-0.25, -0.2) is 0 Å². The zero-order valence-corrected chi connectivity index (χ0v) is 9.89. The van der Waals surface area contributed by atoms with Gasteiger partial charge in [0.15, 0.2) is 0 Å². The van der Waals surface area contributed by atoms with E-state index in [9.17, 15) is 4.79 Å². The van der Waals surface area contributed by atoms with Gasteiger partial charge in [-0.15, -0.1) is 0 Å². The minimum Gasteiger partial charge on any atom is -0.496 e. The fourth-order valence-electron chi connectivity index (χ4n) is 1.69. The maximum atomic E-state index is 11.0. The number of nitrogens with one attached hydrogen (secondary N) is 1. The molecule has 1 aromatic rings. The van der Waals surface area contributed by atoms with Gasteiger partial charge in [0.2, 0.25) is 5.91 Å². The summed E-state index contributed by atoms with van der Waals surface area (Å²) in [5, 5.41) is 2.81. The topological polar surface area (TPSA) is 38.3 Å². The summed E-state index contributed by atoms with van der Waals surface area (Å²) in [5.74, 6) is 0.837. The van der Waals surface area contributed by atoms with Gasteiger partial charge in [0.05, 0.1) is 7.11 Å². The lowest BCUT2D eigenvalue weighted by Gasteiger charge is -2.15. The van der Waals surface area contributed by atoms with Crippen molar-refractivity contribution in [3.63, 3.8) is 0 Å². The third-order valence-corrected chi connectivity index (χ3v) is 2.54. The van der Waals surface area contributed by atoms with Gasteiger partial charge < -0.3 is 10.1 Å². The minimum atomic E-state index is -0.0536. The Kier molecular flexibility index (Phi) is 3.35. The van der Waals surface area contributed by atoms with Crippen molar-refractivity contribution in [2.45, 2.75) is 27.7 Å². The first-order valence-electron chi connectivity index (χ1n) is 4.89. The van der Waals surface area contributed by atoms with Crippen molar-refractivity contribution in [3.8, 4) is 5.75 Å². The summed E-state index contributed by atoms with van der Waals surface area (Å²) in [6.07, 6.45) is 0. The van der Waals surface area contributed by atoms with Gasteiger partial charge in [-0.05, 0) is 43.5 Å². The molecule has 1 aromatic carbocycles. The van der Waals surface area contributed by atoms with Crippen LogP contribution < -0.4 is 10.1 Å². The van der Waals surface area contributed by atoms with Crippen molar-refractivity contribution in [2.24, 2.45) is 0 Å². The second-order valence-corrected chi connectivity index (χ2v) is 3.71. The highest BCUT2D eigenvalue weighted by Crippen LogP contribution is 2.31. The number of benzene rings is 1. The highest BCUT2D eigenvalue weighted by molar-refractivity contribution is 5.90. The molecule has 0 atom stereocenters. The van der Waals surface area contributed by atoms with E-state index in [2.05, 4.69) is 5.32 Å². The lowest BCUT2D eigenvalue weighted by atomic mass is 10.0. The van der Waals surface area contributed by atoms with Crippen LogP contribution in [0.2, 0.25) is 0 Å². The molecular formula is C12H17NO2. The van der Waals surface area contributed by atoms with Crippen LogP contribution in [0.1, 0.15) is 23.6 Å². The van der Waals surface area contributed by atoms with E-state index in [0.717, 1.165) is 28.1 Å². The summed E-state index contributed by atoms with van der Waals surface area (Å²) in [5.41, 5.74) is 4.01. The van der Waals surface area contributed by atoms with Crippen LogP contribution >= 0.6 is 0 Å². The molecule has 15 heavy (non-hydrogen) atoms. The van der Waals surface area contributed by atoms with Crippen LogP contribution in [0.5, 0.6) is 5.75 Å². The van der Waals surface area contributed by atoms with E-state index in [1.807, 2.05) is 26.8 Å². The van der Waals surface area contributed by atoms with Gasteiger partial charge in [0.1, 0.15) is 5.75 Å². The Morgan fingerprint density at radius 3 is 2.33 bits per heavy atom. The van der Waals surface area contributed by atoms with Gasteiger partial charge >= 0.3 is 0 Å². The fourth-order valence-corrected chi connectivity index (χ4v) is 1.69. The Balaban J connectivity index is 3.27. The quantitative estimate of drug-likeness (QED) is 0.809. The molecule has 0 unspecified atom stereocenters. The van der Waals surface area contributed by atoms with E-state index in [-0.39, 0.29) is 5.91 Å². The Morgan fingerprint density at radius 1 is 1.27 bits per heavy atom. The first kappa shape index (κ1) is 11.6. The summed E-state index contributed by atoms with van der Waals surface area (Å²) in [4.78, 5) is 11.0. The molecule has 3 heteroatoms. The zero-order valence-electron chi connectivity index (χ0n) is 9.89. The van der Waals surface area contributed by atoms with E-state index in [4.69, 9.17) is 4.74 Å². The summed E-state index contributed by atoms with van der Waals surface area (Å²) >= 11 is 0. The number of hydrogen-bond donors (Lipinski definition) is 1. The van der Waals surface area contributed by atoms with Crippen molar-refractivity contribution in [2.75, 3.05) is 12.4 Å². The number of rotatable bonds is 2. The van der Waals surface area contributed by atoms with Gasteiger partial charge in [-0.1, -0.05) is 0 Å². The SMILES string of the molecule is COc1c(C)cc(NC(C)=O)c(C)c1C. The number of carbonyl (C=O) groups is 1. The molecule has 0 saturated carbocycles. The van der Waals surface area contributed by atoms with E-state index < -0.39 is 0 Å². The second kappa shape index (κ2) is 4.34. The van der Waals surface area contributed by atoms with Gasteiger partial charge in [-0.2, -0.15) is 0 Å². The number of amides is 1. The van der Waals surface area contributed by atoms with Crippen LogP contribution in [0.4, 0.5) is 5.69 Å². The van der Waals surface area contributed by atoms with Gasteiger partial charge in [0, 0.05) is 12.6 Å². The number of anilines is 1. The molecule has 0 saturated heterocycles. The first-order chi connectivity index (χ1) is 6.97. The summed E-state index contributed by atoms with van der Waals surface area (Å²) in [6, 6.07) is 1.93. The van der Waals surface area contributed by atoms with Crippen LogP contribution in [0.25, 0.3) is 0 Å². The average molecular weight is 207 g/mol. The average Bonchev–Trinajstić information content (AvgIpc) is 2.14. The van der Waals surface area contributed by atoms with E-state index >= 15 is 0 Å². The lowest BCUT2D eigenvalue weighted by molar-refractivity contribution is -0.114. The molecule has 0 fully saturated rings. The van der Waals surface area contributed by atoms with Crippen molar-refractivity contribution in [1.29, 1.82) is 0 Å². The molecule has 0 heterocycles. The molecule has 82 valence electrons. The molecule has 0 radical (unpaired) electrons. The minimum absolute atomic E-state index is 0.0536. The monoisotopic (exact) mass is 207 g/mol. The molecule has 1 amide bonds. The van der Waals surface area contributed by atoms with Crippen molar-refractivity contribution >= 4 is 11.6 Å². The predicted octanol–water partition coefficient (Wildman–Crippen LogP) is 2.58. The maximum Gasteiger partial charge on any atom is 0.221 e. The van der Waals surface area contributed by atoms with Crippen molar-refractivity contribution in [1.82, 2.24) is 0 Å². The van der Waals surface area contributed by atoms with Gasteiger partial charge in [0.25, 0.3) is 0 Å². The van der Waals surface area contributed by atoms with Crippen LogP contribution in [-0.4, -0.2) is 13.0 Å². The highest BCUT2D eigenvalue weighted by atomic mass is 16.5. The van der Waals surface area contributed by atoms with Crippen LogP contribution in [0.15, 0.2) is 6.07 Å². The Hall–Kier alpha value is -1.51. The van der Waals surface area contributed by atoms with Crippen LogP contribution in [0, 0.1) is 20.8 Å². The number of aryl methyl sites for hydroxylation is 1. The molecule has 0 spiro atoms. The fraction of sp³-hybridized carbons (Fsp3) is 0.417. The largest absolute Gasteiger partial charge is 0.496 e. The Morgan fingerprint density at radius 2 is 1.87 bits per heavy atom. The number of ether oxygens (including phenoxy) is 1. The molecule has 0 aliphatic rings. The standard InChI is InChI=1S/C12H17NO2/c1-7-6-11(13-10(4)14)8(2)9(3)12(7)15-5/h6H,1-5H3,(H,13,14). The van der Waals surface area contributed by atoms with Crippen molar-refractivity contribution < 1.29 is 9.53 Å². The van der Waals surface area contributed by atoms with E-state index in [0.29, 0.717) is 0 Å². The molecule has 0 bridgehead atoms. The smallest absolute Gasteiger partial charge is 0.221 e. The molecule has 1 N–H and O–H groups in total. The van der Waals surface area contributed by atoms with Crippen molar-refractivity contribution in [3.05, 3.63) is 22.8 Å². The predicted molar refractivity (Wildman–Crippen MR) is 61.5 cm³/mol. The third-order valence-electron chi connectivity index (χ3n) is 2.54. The highest BCUT2D eigenvalue weighted by Gasteiger charge is 2.10. The number of carbonyl (C=O) groups excluding carboxylic acids is 1. The first-order valence-corrected chi connectivity index (χ1v) is 4.89. The molecule has 3 nitrogen and oxygen atoms in total. The molecule has 1 rings (SSSR count). The lowest BCUT2D eigenvalue weighted by Crippen LogP contribution is -2.08. The molecule has 0 aliphatic carbocycles. The van der Waals surface area contributed by atoms with Crippen LogP contribution in [-0.2, 0) is 4.79 Å². The zero-order chi connectivity index (χ0) is 11.6. The normalized spacial score (nSPS) is 9.93. The number of hydrogen-bond acceptors (Lipinski definition) is 2. The third kappa shape index (κ3) is 2.29. The van der Waals surface area contributed by atoms with E-state index in [1.165, 1.54) is 6.92 Å². The summed E-state index contributed by atoms with van der Waals surface area (Å²) in [7, 11) is 1.66. The second-order valence-electron chi connectivity index (χ2n) is 3.71. The van der Waals surface area contributed by atoms with Gasteiger partial charge in [-0.3, -0.25) is 4.79 Å². The van der Waals surface area contributed by atoms with Crippen LogP contribution in [0.3, 0.4) is 0 Å². The van der Waals surface area contributed by atoms with E-state index in [1.54, 1.807) is 7.11 Å². The molecular weight excluding hydrogens is 190 g/mol. The summed E-state index contributed by atoms with van der Waals surface area (Å²) < 4.78 is 5.30. The Labute approximate surface area is 90.4 Å². The maximum absolute atomic E-state index is 11.0.